The van der Waals surface area contributed by atoms with E-state index in [4.69, 9.17) is 5.11 Å². The van der Waals surface area contributed by atoms with Crippen molar-refractivity contribution in [3.8, 4) is 0 Å². The van der Waals surface area contributed by atoms with Crippen molar-refractivity contribution in [1.29, 1.82) is 0 Å². The minimum absolute atomic E-state index is 0.370. The van der Waals surface area contributed by atoms with Gasteiger partial charge < -0.3 is 5.11 Å². The van der Waals surface area contributed by atoms with E-state index in [0.717, 1.165) is 0 Å². The number of carboxylic acid groups (broad SMARTS) is 1. The van der Waals surface area contributed by atoms with Gasteiger partial charge in [0.1, 0.15) is 0 Å². The molecule has 0 radical (unpaired) electrons. The van der Waals surface area contributed by atoms with Crippen LogP contribution in [0.15, 0.2) is 12.7 Å². The molecular formula is C6H10O2S. The van der Waals surface area contributed by atoms with Crippen molar-refractivity contribution >= 4 is 18.6 Å². The van der Waals surface area contributed by atoms with E-state index in [0.29, 0.717) is 12.2 Å². The summed E-state index contributed by atoms with van der Waals surface area (Å²) in [6, 6.07) is 0. The standard InChI is InChI=1S/C6H10O2S/c1-2-3-5(4-9)6(7)8/h2,5,9H,1,3-4H2,(H,7,8). The zero-order chi connectivity index (χ0) is 7.28. The fourth-order valence-corrected chi connectivity index (χ4v) is 0.760. The lowest BCUT2D eigenvalue weighted by molar-refractivity contribution is -0.140. The minimum atomic E-state index is -0.801. The molecule has 0 aromatic rings. The second-order valence-corrected chi connectivity index (χ2v) is 2.11. The molecule has 0 aromatic carbocycles. The number of carbonyl (C=O) groups is 1. The van der Waals surface area contributed by atoms with Crippen molar-refractivity contribution < 1.29 is 9.90 Å². The van der Waals surface area contributed by atoms with Gasteiger partial charge in [-0.25, -0.2) is 0 Å². The highest BCUT2D eigenvalue weighted by Crippen LogP contribution is 2.04. The van der Waals surface area contributed by atoms with E-state index < -0.39 is 5.97 Å². The maximum absolute atomic E-state index is 10.2. The second-order valence-electron chi connectivity index (χ2n) is 1.74. The molecule has 2 nitrogen and oxygen atoms in total. The topological polar surface area (TPSA) is 37.3 Å². The summed E-state index contributed by atoms with van der Waals surface area (Å²) < 4.78 is 0. The molecule has 0 saturated heterocycles. The van der Waals surface area contributed by atoms with Crippen molar-refractivity contribution in [1.82, 2.24) is 0 Å². The lowest BCUT2D eigenvalue weighted by Crippen LogP contribution is -2.13. The van der Waals surface area contributed by atoms with Crippen molar-refractivity contribution in [3.63, 3.8) is 0 Å². The maximum Gasteiger partial charge on any atom is 0.307 e. The van der Waals surface area contributed by atoms with E-state index in [1.165, 1.54) is 0 Å². The van der Waals surface area contributed by atoms with Gasteiger partial charge >= 0.3 is 5.97 Å². The van der Waals surface area contributed by atoms with Crippen LogP contribution in [0.4, 0.5) is 0 Å². The van der Waals surface area contributed by atoms with Crippen LogP contribution < -0.4 is 0 Å². The Labute approximate surface area is 60.0 Å². The highest BCUT2D eigenvalue weighted by molar-refractivity contribution is 7.80. The number of rotatable bonds is 4. The Hall–Kier alpha value is -0.440. The summed E-state index contributed by atoms with van der Waals surface area (Å²) in [5.74, 6) is -0.794. The Morgan fingerprint density at radius 2 is 2.44 bits per heavy atom. The van der Waals surface area contributed by atoms with Gasteiger partial charge in [-0.2, -0.15) is 12.6 Å². The van der Waals surface area contributed by atoms with Crippen molar-refractivity contribution in [2.45, 2.75) is 6.42 Å². The van der Waals surface area contributed by atoms with E-state index in [1.54, 1.807) is 6.08 Å². The Bertz CT molecular complexity index is 112. The molecule has 0 heterocycles. The molecule has 1 unspecified atom stereocenters. The van der Waals surface area contributed by atoms with E-state index in [2.05, 4.69) is 19.2 Å². The molecule has 0 spiro atoms. The monoisotopic (exact) mass is 146 g/mol. The summed E-state index contributed by atoms with van der Waals surface area (Å²) in [5, 5.41) is 8.41. The van der Waals surface area contributed by atoms with Gasteiger partial charge in [0.2, 0.25) is 0 Å². The molecule has 0 aromatic heterocycles. The number of hydrogen-bond acceptors (Lipinski definition) is 2. The number of hydrogen-bond donors (Lipinski definition) is 2. The fraction of sp³-hybridized carbons (Fsp3) is 0.500. The lowest BCUT2D eigenvalue weighted by atomic mass is 10.1. The van der Waals surface area contributed by atoms with E-state index >= 15 is 0 Å². The molecule has 0 fully saturated rings. The van der Waals surface area contributed by atoms with Crippen LogP contribution in [-0.2, 0) is 4.79 Å². The smallest absolute Gasteiger partial charge is 0.307 e. The molecule has 0 rings (SSSR count). The molecule has 0 amide bonds. The van der Waals surface area contributed by atoms with Crippen LogP contribution in [0, 0.1) is 5.92 Å². The SMILES string of the molecule is C=CCC(CS)C(=O)O. The summed E-state index contributed by atoms with van der Waals surface area (Å²) in [4.78, 5) is 10.2. The fourth-order valence-electron chi connectivity index (χ4n) is 0.455. The normalized spacial score (nSPS) is 12.6. The van der Waals surface area contributed by atoms with Gasteiger partial charge in [0.15, 0.2) is 0 Å². The van der Waals surface area contributed by atoms with Gasteiger partial charge in [0.05, 0.1) is 5.92 Å². The van der Waals surface area contributed by atoms with E-state index in [1.807, 2.05) is 0 Å². The van der Waals surface area contributed by atoms with Crippen LogP contribution in [0.2, 0.25) is 0 Å². The molecule has 3 heteroatoms. The Balaban J connectivity index is 3.67. The van der Waals surface area contributed by atoms with Gasteiger partial charge in [0.25, 0.3) is 0 Å². The quantitative estimate of drug-likeness (QED) is 0.462. The van der Waals surface area contributed by atoms with E-state index in [9.17, 15) is 4.79 Å². The zero-order valence-electron chi connectivity index (χ0n) is 5.08. The highest BCUT2D eigenvalue weighted by Gasteiger charge is 2.11. The summed E-state index contributed by atoms with van der Waals surface area (Å²) in [7, 11) is 0. The third-order valence-corrected chi connectivity index (χ3v) is 1.46. The van der Waals surface area contributed by atoms with Crippen LogP contribution >= 0.6 is 12.6 Å². The molecule has 0 aliphatic rings. The minimum Gasteiger partial charge on any atom is -0.481 e. The molecule has 0 bridgehead atoms. The molecular weight excluding hydrogens is 136 g/mol. The first-order valence-electron chi connectivity index (χ1n) is 2.67. The average Bonchev–Trinajstić information content (AvgIpc) is 1.82. The third kappa shape index (κ3) is 3.19. The molecule has 0 aliphatic carbocycles. The number of allylic oxidation sites excluding steroid dienone is 1. The van der Waals surface area contributed by atoms with Crippen molar-refractivity contribution in [2.75, 3.05) is 5.75 Å². The van der Waals surface area contributed by atoms with Gasteiger partial charge in [-0.05, 0) is 6.42 Å². The molecule has 0 saturated carbocycles. The maximum atomic E-state index is 10.2. The number of aliphatic carboxylic acids is 1. The lowest BCUT2D eigenvalue weighted by Gasteiger charge is -2.02. The van der Waals surface area contributed by atoms with Crippen LogP contribution in [-0.4, -0.2) is 16.8 Å². The second kappa shape index (κ2) is 4.44. The Kier molecular flexibility index (Phi) is 4.22. The molecule has 1 N–H and O–H groups in total. The molecule has 1 atom stereocenters. The first-order valence-corrected chi connectivity index (χ1v) is 3.30. The predicted octanol–water partition coefficient (Wildman–Crippen LogP) is 1.19. The summed E-state index contributed by atoms with van der Waals surface area (Å²) in [5.41, 5.74) is 0. The van der Waals surface area contributed by atoms with Crippen LogP contribution in [0.1, 0.15) is 6.42 Å². The van der Waals surface area contributed by atoms with Gasteiger partial charge in [-0.3, -0.25) is 4.79 Å². The largest absolute Gasteiger partial charge is 0.481 e. The molecule has 52 valence electrons. The summed E-state index contributed by atoms with van der Waals surface area (Å²) in [6.45, 7) is 3.43. The van der Waals surface area contributed by atoms with Gasteiger partial charge in [-0.15, -0.1) is 6.58 Å². The van der Waals surface area contributed by atoms with E-state index in [-0.39, 0.29) is 5.92 Å². The van der Waals surface area contributed by atoms with Gasteiger partial charge in [0, 0.05) is 5.75 Å². The Morgan fingerprint density at radius 1 is 1.89 bits per heavy atom. The Morgan fingerprint density at radius 3 is 2.56 bits per heavy atom. The first kappa shape index (κ1) is 8.56. The molecule has 0 aliphatic heterocycles. The van der Waals surface area contributed by atoms with Crippen LogP contribution in [0.3, 0.4) is 0 Å². The first-order chi connectivity index (χ1) is 4.22. The summed E-state index contributed by atoms with van der Waals surface area (Å²) in [6.07, 6.45) is 2.09. The molecule has 9 heavy (non-hydrogen) atoms. The average molecular weight is 146 g/mol. The number of carboxylic acids is 1. The van der Waals surface area contributed by atoms with Gasteiger partial charge in [-0.1, -0.05) is 6.08 Å². The van der Waals surface area contributed by atoms with Crippen LogP contribution in [0.25, 0.3) is 0 Å². The zero-order valence-corrected chi connectivity index (χ0v) is 5.97. The highest BCUT2D eigenvalue weighted by atomic mass is 32.1. The number of thiol groups is 1. The van der Waals surface area contributed by atoms with Crippen molar-refractivity contribution in [2.24, 2.45) is 5.92 Å². The van der Waals surface area contributed by atoms with Crippen molar-refractivity contribution in [3.05, 3.63) is 12.7 Å². The third-order valence-electron chi connectivity index (χ3n) is 1.02. The van der Waals surface area contributed by atoms with Crippen LogP contribution in [0.5, 0.6) is 0 Å². The summed E-state index contributed by atoms with van der Waals surface area (Å²) >= 11 is 3.86. The predicted molar refractivity (Wildman–Crippen MR) is 39.8 cm³/mol.